The number of aryl methyl sites for hydroxylation is 1. The quantitative estimate of drug-likeness (QED) is 0.353. The molecule has 3 aromatic rings. The minimum atomic E-state index is -0.519. The summed E-state index contributed by atoms with van der Waals surface area (Å²) in [5.74, 6) is 0.409. The zero-order chi connectivity index (χ0) is 21.0. The van der Waals surface area contributed by atoms with Crippen LogP contribution in [0.15, 0.2) is 53.7 Å². The molecule has 0 saturated carbocycles. The number of aromatic nitrogens is 3. The predicted molar refractivity (Wildman–Crippen MR) is 113 cm³/mol. The largest absolute Gasteiger partial charge is 0.319 e. The molecule has 1 atom stereocenters. The lowest BCUT2D eigenvalue weighted by molar-refractivity contribution is -0.383. The number of hydrogen-bond donors (Lipinski definition) is 1. The van der Waals surface area contributed by atoms with Crippen LogP contribution in [0.4, 0.5) is 11.4 Å². The van der Waals surface area contributed by atoms with E-state index in [9.17, 15) is 14.9 Å². The number of rotatable bonds is 7. The highest BCUT2D eigenvalue weighted by atomic mass is 32.2. The lowest BCUT2D eigenvalue weighted by Crippen LogP contribution is -2.23. The molecule has 1 amide bonds. The molecule has 1 aromatic heterocycles. The summed E-state index contributed by atoms with van der Waals surface area (Å²) in [5.41, 5.74) is 2.11. The Kier molecular flexibility index (Phi) is 6.28. The summed E-state index contributed by atoms with van der Waals surface area (Å²) < 4.78 is 1.96. The summed E-state index contributed by atoms with van der Waals surface area (Å²) >= 11 is 1.27. The molecule has 8 nitrogen and oxygen atoms in total. The van der Waals surface area contributed by atoms with Gasteiger partial charge in [0.25, 0.3) is 5.69 Å². The maximum atomic E-state index is 12.6. The summed E-state index contributed by atoms with van der Waals surface area (Å²) in [5, 5.41) is 22.5. The third-order valence-corrected chi connectivity index (χ3v) is 5.51. The van der Waals surface area contributed by atoms with Gasteiger partial charge < -0.3 is 9.88 Å². The smallest absolute Gasteiger partial charge is 0.292 e. The van der Waals surface area contributed by atoms with Crippen LogP contribution in [0.2, 0.25) is 0 Å². The molecule has 0 unspecified atom stereocenters. The van der Waals surface area contributed by atoms with E-state index < -0.39 is 10.2 Å². The third kappa shape index (κ3) is 4.45. The highest BCUT2D eigenvalue weighted by Crippen LogP contribution is 2.30. The summed E-state index contributed by atoms with van der Waals surface area (Å²) in [6, 6.07) is 14.0. The zero-order valence-corrected chi connectivity index (χ0v) is 17.1. The van der Waals surface area contributed by atoms with Crippen molar-refractivity contribution in [2.75, 3.05) is 5.32 Å². The number of amides is 1. The molecule has 0 spiro atoms. The van der Waals surface area contributed by atoms with Crippen molar-refractivity contribution in [3.8, 4) is 11.4 Å². The maximum Gasteiger partial charge on any atom is 0.292 e. The Hall–Kier alpha value is -3.20. The van der Waals surface area contributed by atoms with Gasteiger partial charge in [-0.25, -0.2) is 0 Å². The maximum absolute atomic E-state index is 12.6. The molecule has 150 valence electrons. The Balaban J connectivity index is 1.79. The van der Waals surface area contributed by atoms with E-state index in [0.29, 0.717) is 11.7 Å². The lowest BCUT2D eigenvalue weighted by Gasteiger charge is -2.13. The van der Waals surface area contributed by atoms with Gasteiger partial charge in [0.2, 0.25) is 5.91 Å². The molecule has 1 N–H and O–H groups in total. The summed E-state index contributed by atoms with van der Waals surface area (Å²) in [7, 11) is 0. The summed E-state index contributed by atoms with van der Waals surface area (Å²) in [6.45, 7) is 6.39. The van der Waals surface area contributed by atoms with E-state index in [1.165, 1.54) is 23.9 Å². The first-order valence-corrected chi connectivity index (χ1v) is 10.0. The fraction of sp³-hybridized carbons (Fsp3) is 0.250. The molecule has 1 heterocycles. The number of nitrogens with one attached hydrogen (secondary N) is 1. The first-order chi connectivity index (χ1) is 13.9. The fourth-order valence-electron chi connectivity index (χ4n) is 2.87. The van der Waals surface area contributed by atoms with E-state index in [2.05, 4.69) is 15.5 Å². The Morgan fingerprint density at radius 1 is 1.21 bits per heavy atom. The number of benzene rings is 2. The van der Waals surface area contributed by atoms with Gasteiger partial charge in [-0.3, -0.25) is 14.9 Å². The first-order valence-electron chi connectivity index (χ1n) is 9.12. The number of nitrogens with zero attached hydrogens (tertiary/aromatic N) is 4. The zero-order valence-electron chi connectivity index (χ0n) is 16.3. The number of anilines is 1. The van der Waals surface area contributed by atoms with E-state index in [-0.39, 0.29) is 17.3 Å². The van der Waals surface area contributed by atoms with Crippen LogP contribution in [0, 0.1) is 17.0 Å². The number of nitro benzene ring substituents is 1. The van der Waals surface area contributed by atoms with Gasteiger partial charge in [-0.05, 0) is 32.4 Å². The molecule has 0 aliphatic carbocycles. The van der Waals surface area contributed by atoms with Gasteiger partial charge in [-0.1, -0.05) is 48.2 Å². The number of nitro groups is 1. The highest BCUT2D eigenvalue weighted by Gasteiger charge is 2.23. The van der Waals surface area contributed by atoms with Gasteiger partial charge in [0, 0.05) is 18.2 Å². The average Bonchev–Trinajstić information content (AvgIpc) is 3.10. The van der Waals surface area contributed by atoms with E-state index in [4.69, 9.17) is 0 Å². The number of carbonyl (C=O) groups is 1. The normalized spacial score (nSPS) is 11.8. The van der Waals surface area contributed by atoms with Gasteiger partial charge in [-0.15, -0.1) is 10.2 Å². The molecule has 3 rings (SSSR count). The third-order valence-electron chi connectivity index (χ3n) is 4.43. The topological polar surface area (TPSA) is 103 Å². The molecule has 0 fully saturated rings. The molecule has 9 heteroatoms. The van der Waals surface area contributed by atoms with Crippen LogP contribution < -0.4 is 5.32 Å². The standard InChI is InChI=1S/C20H21N5O3S/c1-4-24-18(15-10-6-5-9-13(15)2)22-23-20(24)29-14(3)19(26)21-16-11-7-8-12-17(16)25(27)28/h5-12,14H,4H2,1-3H3,(H,21,26)/t14-/m1/s1. The molecule has 29 heavy (non-hydrogen) atoms. The van der Waals surface area contributed by atoms with Crippen molar-refractivity contribution in [3.63, 3.8) is 0 Å². The minimum absolute atomic E-state index is 0.142. The van der Waals surface area contributed by atoms with E-state index >= 15 is 0 Å². The van der Waals surface area contributed by atoms with Crippen LogP contribution in [0.3, 0.4) is 0 Å². The van der Waals surface area contributed by atoms with Crippen molar-refractivity contribution in [1.82, 2.24) is 14.8 Å². The van der Waals surface area contributed by atoms with Gasteiger partial charge >= 0.3 is 0 Å². The Bertz CT molecular complexity index is 1050. The van der Waals surface area contributed by atoms with Crippen LogP contribution >= 0.6 is 11.8 Å². The molecule has 0 bridgehead atoms. The highest BCUT2D eigenvalue weighted by molar-refractivity contribution is 8.00. The fourth-order valence-corrected chi connectivity index (χ4v) is 3.78. The van der Waals surface area contributed by atoms with Crippen LogP contribution in [-0.4, -0.2) is 30.8 Å². The minimum Gasteiger partial charge on any atom is -0.319 e. The van der Waals surface area contributed by atoms with Crippen molar-refractivity contribution in [2.24, 2.45) is 0 Å². The van der Waals surface area contributed by atoms with Crippen LogP contribution in [0.1, 0.15) is 19.4 Å². The summed E-state index contributed by atoms with van der Waals surface area (Å²) in [6.07, 6.45) is 0. The molecule has 2 aromatic carbocycles. The second-order valence-electron chi connectivity index (χ2n) is 6.39. The van der Waals surface area contributed by atoms with Crippen molar-refractivity contribution >= 4 is 29.0 Å². The van der Waals surface area contributed by atoms with E-state index in [1.807, 2.05) is 42.7 Å². The number of hydrogen-bond acceptors (Lipinski definition) is 6. The molecule has 0 aliphatic rings. The monoisotopic (exact) mass is 411 g/mol. The van der Waals surface area contributed by atoms with Gasteiger partial charge in [0.15, 0.2) is 11.0 Å². The molecule has 0 radical (unpaired) electrons. The molecular formula is C20H21N5O3S. The van der Waals surface area contributed by atoms with Gasteiger partial charge in [0.1, 0.15) is 5.69 Å². The van der Waals surface area contributed by atoms with Crippen molar-refractivity contribution < 1.29 is 9.72 Å². The lowest BCUT2D eigenvalue weighted by atomic mass is 10.1. The van der Waals surface area contributed by atoms with Crippen LogP contribution in [0.25, 0.3) is 11.4 Å². The van der Waals surface area contributed by atoms with Crippen molar-refractivity contribution in [3.05, 3.63) is 64.2 Å². The number of thioether (sulfide) groups is 1. The number of carbonyl (C=O) groups excluding carboxylic acids is 1. The van der Waals surface area contributed by atoms with Crippen LogP contribution in [-0.2, 0) is 11.3 Å². The first kappa shape index (κ1) is 20.5. The van der Waals surface area contributed by atoms with Crippen molar-refractivity contribution in [2.45, 2.75) is 37.7 Å². The van der Waals surface area contributed by atoms with Crippen molar-refractivity contribution in [1.29, 1.82) is 0 Å². The predicted octanol–water partition coefficient (Wildman–Crippen LogP) is 4.30. The second-order valence-corrected chi connectivity index (χ2v) is 7.70. The summed E-state index contributed by atoms with van der Waals surface area (Å²) in [4.78, 5) is 23.2. The molecule has 0 saturated heterocycles. The Morgan fingerprint density at radius 2 is 1.90 bits per heavy atom. The van der Waals surface area contributed by atoms with Crippen LogP contribution in [0.5, 0.6) is 0 Å². The SMILES string of the molecule is CCn1c(S[C@H](C)C(=O)Nc2ccccc2[N+](=O)[O-])nnc1-c1ccccc1C. The Labute approximate surface area is 172 Å². The van der Waals surface area contributed by atoms with Gasteiger partial charge in [0.05, 0.1) is 10.2 Å². The number of para-hydroxylation sites is 2. The molecular weight excluding hydrogens is 390 g/mol. The second kappa shape index (κ2) is 8.87. The molecule has 0 aliphatic heterocycles. The van der Waals surface area contributed by atoms with Gasteiger partial charge in [-0.2, -0.15) is 0 Å². The average molecular weight is 411 g/mol. The van der Waals surface area contributed by atoms with E-state index in [1.54, 1.807) is 19.1 Å². The Morgan fingerprint density at radius 3 is 2.59 bits per heavy atom. The van der Waals surface area contributed by atoms with E-state index in [0.717, 1.165) is 17.0 Å².